The predicted molar refractivity (Wildman–Crippen MR) is 111 cm³/mol. The molecule has 0 aliphatic heterocycles. The molecule has 0 amide bonds. The number of hydrogen-bond donors (Lipinski definition) is 2. The van der Waals surface area contributed by atoms with Crippen molar-refractivity contribution in [1.82, 2.24) is 20.4 Å². The third-order valence-electron chi connectivity index (χ3n) is 4.74. The lowest BCUT2D eigenvalue weighted by Crippen LogP contribution is -2.42. The molecule has 1 aromatic heterocycles. The molecule has 0 aliphatic rings. The first-order chi connectivity index (χ1) is 13.5. The van der Waals surface area contributed by atoms with Gasteiger partial charge in [-0.3, -0.25) is 9.67 Å². The first kappa shape index (κ1) is 21.7. The van der Waals surface area contributed by atoms with Crippen molar-refractivity contribution in [1.29, 1.82) is 0 Å². The van der Waals surface area contributed by atoms with Gasteiger partial charge in [0.15, 0.2) is 5.96 Å². The van der Waals surface area contributed by atoms with Crippen LogP contribution in [-0.4, -0.2) is 35.4 Å². The summed E-state index contributed by atoms with van der Waals surface area (Å²) in [6.07, 6.45) is 2.54. The van der Waals surface area contributed by atoms with Crippen LogP contribution in [0.15, 0.2) is 29.3 Å². The van der Waals surface area contributed by atoms with Crippen molar-refractivity contribution in [3.05, 3.63) is 47.0 Å². The third kappa shape index (κ3) is 5.71. The van der Waals surface area contributed by atoms with Gasteiger partial charge in [-0.25, -0.2) is 4.39 Å². The molecule has 0 bridgehead atoms. The molecule has 0 aliphatic carbocycles. The number of aryl methyl sites for hydroxylation is 2. The van der Waals surface area contributed by atoms with Crippen LogP contribution >= 0.6 is 0 Å². The summed E-state index contributed by atoms with van der Waals surface area (Å²) in [5.41, 5.74) is 3.59. The Morgan fingerprint density at radius 1 is 1.25 bits per heavy atom. The van der Waals surface area contributed by atoms with Crippen LogP contribution in [0.5, 0.6) is 5.75 Å². The van der Waals surface area contributed by atoms with E-state index in [1.54, 1.807) is 19.2 Å². The first-order valence-electron chi connectivity index (χ1n) is 9.92. The Kier molecular flexibility index (Phi) is 8.29. The summed E-state index contributed by atoms with van der Waals surface area (Å²) in [5.74, 6) is 0.939. The third-order valence-corrected chi connectivity index (χ3v) is 4.74. The Bertz CT molecular complexity index is 787. The largest absolute Gasteiger partial charge is 0.489 e. The van der Waals surface area contributed by atoms with Gasteiger partial charge in [-0.05, 0) is 31.4 Å². The number of benzene rings is 1. The highest BCUT2D eigenvalue weighted by Crippen LogP contribution is 2.16. The summed E-state index contributed by atoms with van der Waals surface area (Å²) in [4.78, 5) is 4.30. The van der Waals surface area contributed by atoms with Crippen LogP contribution in [0.1, 0.15) is 44.1 Å². The fourth-order valence-electron chi connectivity index (χ4n) is 3.20. The highest BCUT2D eigenvalue weighted by Gasteiger charge is 2.15. The Morgan fingerprint density at radius 3 is 2.64 bits per heavy atom. The fraction of sp³-hybridized carbons (Fsp3) is 0.524. The van der Waals surface area contributed by atoms with Crippen LogP contribution in [0.2, 0.25) is 0 Å². The lowest BCUT2D eigenvalue weighted by atomic mass is 10.1. The van der Waals surface area contributed by atoms with Gasteiger partial charge in [0.2, 0.25) is 0 Å². The molecule has 2 rings (SSSR count). The van der Waals surface area contributed by atoms with E-state index in [-0.39, 0.29) is 11.9 Å². The van der Waals surface area contributed by atoms with Crippen LogP contribution in [0, 0.1) is 5.82 Å². The number of halogens is 1. The lowest BCUT2D eigenvalue weighted by molar-refractivity contribution is 0.198. The summed E-state index contributed by atoms with van der Waals surface area (Å²) in [5, 5.41) is 11.3. The molecule has 1 heterocycles. The quantitative estimate of drug-likeness (QED) is 0.511. The van der Waals surface area contributed by atoms with Gasteiger partial charge in [-0.15, -0.1) is 0 Å². The highest BCUT2D eigenvalue weighted by molar-refractivity contribution is 5.79. The highest BCUT2D eigenvalue weighted by atomic mass is 19.1. The van der Waals surface area contributed by atoms with Crippen molar-refractivity contribution in [2.45, 2.75) is 52.7 Å². The topological polar surface area (TPSA) is 63.5 Å². The Morgan fingerprint density at radius 2 is 2.04 bits per heavy atom. The van der Waals surface area contributed by atoms with Crippen molar-refractivity contribution in [2.24, 2.45) is 12.0 Å². The summed E-state index contributed by atoms with van der Waals surface area (Å²) in [6, 6.07) is 6.22. The summed E-state index contributed by atoms with van der Waals surface area (Å²) < 4.78 is 21.2. The molecule has 0 saturated heterocycles. The molecule has 1 atom stereocenters. The fourth-order valence-corrected chi connectivity index (χ4v) is 3.20. The second-order valence-electron chi connectivity index (χ2n) is 6.61. The minimum atomic E-state index is -0.298. The molecular weight excluding hydrogens is 357 g/mol. The average molecular weight is 390 g/mol. The molecule has 0 spiro atoms. The normalized spacial score (nSPS) is 12.7. The van der Waals surface area contributed by atoms with Gasteiger partial charge in [-0.1, -0.05) is 26.8 Å². The molecule has 0 radical (unpaired) electrons. The zero-order valence-corrected chi connectivity index (χ0v) is 17.6. The van der Waals surface area contributed by atoms with Crippen LogP contribution in [0.3, 0.4) is 0 Å². The van der Waals surface area contributed by atoms with E-state index in [9.17, 15) is 4.39 Å². The van der Waals surface area contributed by atoms with E-state index in [1.165, 1.54) is 23.4 Å². The molecule has 0 fully saturated rings. The number of nitrogens with zero attached hydrogens (tertiary/aromatic N) is 3. The predicted octanol–water partition coefficient (Wildman–Crippen LogP) is 3.21. The van der Waals surface area contributed by atoms with Crippen LogP contribution in [-0.2, 0) is 26.4 Å². The maximum Gasteiger partial charge on any atom is 0.191 e. The number of nitrogens with one attached hydrogen (secondary N) is 2. The second-order valence-corrected chi connectivity index (χ2v) is 6.61. The van der Waals surface area contributed by atoms with Gasteiger partial charge in [0, 0.05) is 38.0 Å². The van der Waals surface area contributed by atoms with Crippen LogP contribution < -0.4 is 15.4 Å². The number of rotatable bonds is 9. The SMILES string of the molecule is CCc1nn(C)c(CC)c1CNC(=NC)NCC(CC)Oc1cccc(F)c1. The van der Waals surface area contributed by atoms with Crippen molar-refractivity contribution in [3.63, 3.8) is 0 Å². The van der Waals surface area contributed by atoms with E-state index in [4.69, 9.17) is 4.74 Å². The van der Waals surface area contributed by atoms with Gasteiger partial charge in [0.25, 0.3) is 0 Å². The minimum Gasteiger partial charge on any atom is -0.489 e. The second kappa shape index (κ2) is 10.7. The molecule has 7 heteroatoms. The minimum absolute atomic E-state index is 0.0869. The first-order valence-corrected chi connectivity index (χ1v) is 9.92. The van der Waals surface area contributed by atoms with E-state index in [2.05, 4.69) is 34.6 Å². The molecule has 28 heavy (non-hydrogen) atoms. The van der Waals surface area contributed by atoms with Crippen molar-refractivity contribution in [3.8, 4) is 5.75 Å². The number of aliphatic imine (C=N–C) groups is 1. The van der Waals surface area contributed by atoms with Crippen molar-refractivity contribution < 1.29 is 9.13 Å². The molecule has 2 N–H and O–H groups in total. The monoisotopic (exact) mass is 389 g/mol. The molecule has 154 valence electrons. The van der Waals surface area contributed by atoms with E-state index in [0.717, 1.165) is 25.0 Å². The molecule has 2 aromatic rings. The van der Waals surface area contributed by atoms with Gasteiger partial charge in [-0.2, -0.15) is 5.10 Å². The molecule has 6 nitrogen and oxygen atoms in total. The van der Waals surface area contributed by atoms with E-state index >= 15 is 0 Å². The number of aromatic nitrogens is 2. The van der Waals surface area contributed by atoms with Crippen molar-refractivity contribution in [2.75, 3.05) is 13.6 Å². The zero-order valence-electron chi connectivity index (χ0n) is 17.6. The smallest absolute Gasteiger partial charge is 0.191 e. The summed E-state index contributed by atoms with van der Waals surface area (Å²) in [7, 11) is 3.73. The van der Waals surface area contributed by atoms with Gasteiger partial charge >= 0.3 is 0 Å². The Hall–Kier alpha value is -2.57. The Balaban J connectivity index is 1.93. The molecule has 0 saturated carbocycles. The number of guanidine groups is 1. The summed E-state index contributed by atoms with van der Waals surface area (Å²) >= 11 is 0. The van der Waals surface area contributed by atoms with Gasteiger partial charge in [0.1, 0.15) is 17.7 Å². The number of hydrogen-bond acceptors (Lipinski definition) is 3. The maximum atomic E-state index is 13.3. The van der Waals surface area contributed by atoms with E-state index in [1.807, 2.05) is 18.7 Å². The molecular formula is C21H32FN5O. The molecule has 1 aromatic carbocycles. The zero-order chi connectivity index (χ0) is 20.5. The molecule has 1 unspecified atom stereocenters. The lowest BCUT2D eigenvalue weighted by Gasteiger charge is -2.20. The average Bonchev–Trinajstić information content (AvgIpc) is 3.01. The summed E-state index contributed by atoms with van der Waals surface area (Å²) in [6.45, 7) is 7.54. The van der Waals surface area contributed by atoms with Crippen LogP contribution in [0.25, 0.3) is 0 Å². The standard InChI is InChI=1S/C21H32FN5O/c1-6-16(28-17-11-9-10-15(22)12-17)13-24-21(23-4)25-14-18-19(7-2)26-27(5)20(18)8-3/h9-12,16H,6-8,13-14H2,1-5H3,(H2,23,24,25). The van der Waals surface area contributed by atoms with E-state index < -0.39 is 0 Å². The van der Waals surface area contributed by atoms with Crippen molar-refractivity contribution >= 4 is 5.96 Å². The van der Waals surface area contributed by atoms with Gasteiger partial charge in [0.05, 0.1) is 12.2 Å². The Labute approximate surface area is 167 Å². The van der Waals surface area contributed by atoms with E-state index in [0.29, 0.717) is 24.8 Å². The van der Waals surface area contributed by atoms with Crippen LogP contribution in [0.4, 0.5) is 4.39 Å². The van der Waals surface area contributed by atoms with Gasteiger partial charge < -0.3 is 15.4 Å². The maximum absolute atomic E-state index is 13.3. The number of ether oxygens (including phenoxy) is 1.